The predicted octanol–water partition coefficient (Wildman–Crippen LogP) is 2.07. The fraction of sp³-hybridized carbons (Fsp3) is 0.688. The highest BCUT2D eigenvalue weighted by atomic mass is 16.7. The molecule has 0 spiro atoms. The first kappa shape index (κ1) is 17.3. The van der Waals surface area contributed by atoms with E-state index < -0.39 is 29.7 Å². The van der Waals surface area contributed by atoms with Gasteiger partial charge in [0.2, 0.25) is 6.29 Å². The van der Waals surface area contributed by atoms with Gasteiger partial charge in [-0.2, -0.15) is 0 Å². The van der Waals surface area contributed by atoms with Crippen molar-refractivity contribution in [2.24, 2.45) is 17.3 Å². The third-order valence-electron chi connectivity index (χ3n) is 4.61. The molecule has 0 aromatic rings. The van der Waals surface area contributed by atoms with Gasteiger partial charge in [0.25, 0.3) is 0 Å². The number of fused-ring (bicyclic) bond motifs is 1. The van der Waals surface area contributed by atoms with E-state index in [4.69, 9.17) is 14.6 Å². The summed E-state index contributed by atoms with van der Waals surface area (Å²) in [6.45, 7) is 3.34. The maximum absolute atomic E-state index is 11.8. The van der Waals surface area contributed by atoms with Crippen LogP contribution in [0, 0.1) is 17.3 Å². The van der Waals surface area contributed by atoms with Gasteiger partial charge in [-0.05, 0) is 24.7 Å². The van der Waals surface area contributed by atoms with Crippen LogP contribution in [-0.4, -0.2) is 36.0 Å². The van der Waals surface area contributed by atoms with Crippen LogP contribution in [0.5, 0.6) is 0 Å². The Bertz CT molecular complexity index is 517. The second-order valence-electron chi connectivity index (χ2n) is 6.26. The molecule has 2 rings (SSSR count). The van der Waals surface area contributed by atoms with Gasteiger partial charge in [-0.15, -0.1) is 0 Å². The first-order valence-corrected chi connectivity index (χ1v) is 7.88. The quantitative estimate of drug-likeness (QED) is 0.422. The minimum absolute atomic E-state index is 0.0131. The zero-order chi connectivity index (χ0) is 17.0. The molecule has 4 atom stereocenters. The van der Waals surface area contributed by atoms with Gasteiger partial charge in [0.1, 0.15) is 0 Å². The normalized spacial score (nSPS) is 29.1. The number of alkyl carbamates (subject to hydrolysis) is 1. The molecule has 128 valence electrons. The van der Waals surface area contributed by atoms with E-state index >= 15 is 0 Å². The summed E-state index contributed by atoms with van der Waals surface area (Å²) in [7, 11) is 0. The number of nitrogens with one attached hydrogen (secondary N) is 1. The van der Waals surface area contributed by atoms with E-state index in [1.807, 2.05) is 0 Å². The van der Waals surface area contributed by atoms with Crippen LogP contribution in [0.2, 0.25) is 0 Å². The summed E-state index contributed by atoms with van der Waals surface area (Å²) < 4.78 is 9.79. The molecule has 1 amide bonds. The van der Waals surface area contributed by atoms with Crippen molar-refractivity contribution >= 4 is 18.0 Å². The molecule has 0 radical (unpaired) electrons. The molecule has 7 nitrogen and oxygen atoms in total. The Labute approximate surface area is 135 Å². The molecule has 0 unspecified atom stereocenters. The lowest BCUT2D eigenvalue weighted by Gasteiger charge is -2.51. The summed E-state index contributed by atoms with van der Waals surface area (Å²) >= 11 is 0. The van der Waals surface area contributed by atoms with Crippen molar-refractivity contribution in [2.75, 3.05) is 6.54 Å². The molecule has 2 N–H and O–H groups in total. The molecule has 1 fully saturated rings. The average molecular weight is 325 g/mol. The van der Waals surface area contributed by atoms with E-state index in [-0.39, 0.29) is 25.3 Å². The highest BCUT2D eigenvalue weighted by Crippen LogP contribution is 2.57. The molecule has 0 heterocycles. The van der Waals surface area contributed by atoms with Crippen LogP contribution in [-0.2, 0) is 19.1 Å². The van der Waals surface area contributed by atoms with Crippen LogP contribution in [0.25, 0.3) is 0 Å². The number of carboxylic acids is 1. The molecule has 2 aliphatic carbocycles. The molecule has 2 aliphatic rings. The molecule has 0 aromatic carbocycles. The Morgan fingerprint density at radius 1 is 1.39 bits per heavy atom. The van der Waals surface area contributed by atoms with Gasteiger partial charge in [0, 0.05) is 25.3 Å². The van der Waals surface area contributed by atoms with Gasteiger partial charge in [-0.1, -0.05) is 19.1 Å². The topological polar surface area (TPSA) is 102 Å². The van der Waals surface area contributed by atoms with E-state index in [0.717, 1.165) is 12.8 Å². The van der Waals surface area contributed by atoms with Gasteiger partial charge in [-0.25, -0.2) is 4.79 Å². The predicted molar refractivity (Wildman–Crippen MR) is 80.4 cm³/mol. The molecular weight excluding hydrogens is 302 g/mol. The van der Waals surface area contributed by atoms with Gasteiger partial charge < -0.3 is 19.9 Å². The van der Waals surface area contributed by atoms with E-state index in [1.54, 1.807) is 6.92 Å². The number of ether oxygens (including phenoxy) is 2. The van der Waals surface area contributed by atoms with E-state index in [0.29, 0.717) is 5.92 Å². The van der Waals surface area contributed by atoms with Crippen LogP contribution in [0.3, 0.4) is 0 Å². The fourth-order valence-electron chi connectivity index (χ4n) is 3.59. The van der Waals surface area contributed by atoms with Crippen molar-refractivity contribution in [1.82, 2.24) is 5.32 Å². The zero-order valence-corrected chi connectivity index (χ0v) is 13.4. The van der Waals surface area contributed by atoms with Crippen molar-refractivity contribution in [3.63, 3.8) is 0 Å². The summed E-state index contributed by atoms with van der Waals surface area (Å²) in [5.41, 5.74) is -0.453. The number of hydrogen-bond acceptors (Lipinski definition) is 5. The molecule has 7 heteroatoms. The first-order chi connectivity index (χ1) is 10.9. The minimum Gasteiger partial charge on any atom is -0.481 e. The highest BCUT2D eigenvalue weighted by Gasteiger charge is 2.54. The van der Waals surface area contributed by atoms with E-state index in [1.165, 1.54) is 6.92 Å². The number of carbonyl (C=O) groups is 3. The Kier molecular flexibility index (Phi) is 5.28. The molecule has 0 bridgehead atoms. The highest BCUT2D eigenvalue weighted by molar-refractivity contribution is 5.71. The van der Waals surface area contributed by atoms with Crippen LogP contribution in [0.15, 0.2) is 12.2 Å². The molecular formula is C16H23NO6. The number of aliphatic carboxylic acids is 1. The Balaban J connectivity index is 1.84. The second-order valence-corrected chi connectivity index (χ2v) is 6.26. The third kappa shape index (κ3) is 4.03. The second kappa shape index (κ2) is 7.02. The van der Waals surface area contributed by atoms with Crippen molar-refractivity contribution < 1.29 is 29.0 Å². The smallest absolute Gasteiger partial charge is 0.410 e. The number of carboxylic acid groups (broad SMARTS) is 1. The summed E-state index contributed by atoms with van der Waals surface area (Å²) in [5.74, 6) is -0.652. The Morgan fingerprint density at radius 2 is 2.13 bits per heavy atom. The summed E-state index contributed by atoms with van der Waals surface area (Å²) in [6.07, 6.45) is 4.40. The minimum atomic E-state index is -0.974. The maximum Gasteiger partial charge on any atom is 0.410 e. The maximum atomic E-state index is 11.8. The number of allylic oxidation sites excluding steroid dienone is 2. The van der Waals surface area contributed by atoms with E-state index in [9.17, 15) is 14.4 Å². The molecule has 0 saturated heterocycles. The summed E-state index contributed by atoms with van der Waals surface area (Å²) in [5, 5.41) is 11.8. The lowest BCUT2D eigenvalue weighted by Crippen LogP contribution is -2.53. The SMILES string of the molecule is CCC(=O)O[C@@H](C)OC(=O)NC[C@@]1(CC(=O)O)C[C@@H]2CC=C[C@@H]21. The van der Waals surface area contributed by atoms with Crippen LogP contribution < -0.4 is 5.32 Å². The molecule has 1 saturated carbocycles. The van der Waals surface area contributed by atoms with Crippen molar-refractivity contribution in [2.45, 2.75) is 45.8 Å². The Hall–Kier alpha value is -2.05. The van der Waals surface area contributed by atoms with Gasteiger partial charge in [0.15, 0.2) is 0 Å². The Morgan fingerprint density at radius 3 is 2.74 bits per heavy atom. The molecule has 23 heavy (non-hydrogen) atoms. The number of hydrogen-bond donors (Lipinski definition) is 2. The summed E-state index contributed by atoms with van der Waals surface area (Å²) in [4.78, 5) is 34.1. The first-order valence-electron chi connectivity index (χ1n) is 7.88. The fourth-order valence-corrected chi connectivity index (χ4v) is 3.59. The standard InChI is InChI=1S/C16H23NO6/c1-3-14(20)22-10(2)23-15(21)17-9-16(8-13(18)19)7-11-5-4-6-12(11)16/h4,6,10-12H,3,5,7-9H2,1-2H3,(H,17,21)(H,18,19)/t10-,11+,12+,16+/m1/s1. The van der Waals surface area contributed by atoms with E-state index in [2.05, 4.69) is 17.5 Å². The third-order valence-corrected chi connectivity index (χ3v) is 4.61. The number of esters is 1. The summed E-state index contributed by atoms with van der Waals surface area (Å²) in [6, 6.07) is 0. The van der Waals surface area contributed by atoms with Crippen LogP contribution >= 0.6 is 0 Å². The van der Waals surface area contributed by atoms with Gasteiger partial charge >= 0.3 is 18.0 Å². The molecule has 0 aliphatic heterocycles. The zero-order valence-electron chi connectivity index (χ0n) is 13.4. The number of amides is 1. The van der Waals surface area contributed by atoms with Crippen molar-refractivity contribution in [3.05, 3.63) is 12.2 Å². The van der Waals surface area contributed by atoms with Crippen molar-refractivity contribution in [1.29, 1.82) is 0 Å². The molecule has 0 aromatic heterocycles. The number of carbonyl (C=O) groups excluding carboxylic acids is 2. The average Bonchev–Trinajstić information content (AvgIpc) is 2.85. The lowest BCUT2D eigenvalue weighted by atomic mass is 9.53. The monoisotopic (exact) mass is 325 g/mol. The van der Waals surface area contributed by atoms with Gasteiger partial charge in [0.05, 0.1) is 6.42 Å². The largest absolute Gasteiger partial charge is 0.481 e. The van der Waals surface area contributed by atoms with Crippen molar-refractivity contribution in [3.8, 4) is 0 Å². The number of rotatable bonds is 7. The van der Waals surface area contributed by atoms with Gasteiger partial charge in [-0.3, -0.25) is 9.59 Å². The van der Waals surface area contributed by atoms with Crippen LogP contribution in [0.4, 0.5) is 4.79 Å². The lowest BCUT2D eigenvalue weighted by molar-refractivity contribution is -0.164. The van der Waals surface area contributed by atoms with Crippen LogP contribution in [0.1, 0.15) is 39.5 Å².